The number of fused-ring (bicyclic) bond motifs is 1. The number of methoxy groups -OCH3 is 1. The zero-order valence-corrected chi connectivity index (χ0v) is 10.5. The van der Waals surface area contributed by atoms with Gasteiger partial charge in [0.25, 0.3) is 0 Å². The maximum Gasteiger partial charge on any atom is 0.243 e. The molecule has 0 aliphatic carbocycles. The van der Waals surface area contributed by atoms with Crippen LogP contribution in [0.2, 0.25) is 0 Å². The third-order valence-corrected chi connectivity index (χ3v) is 3.17. The summed E-state index contributed by atoms with van der Waals surface area (Å²) in [4.78, 5) is 20.5. The van der Waals surface area contributed by atoms with Crippen LogP contribution in [0.15, 0.2) is 30.6 Å². The lowest BCUT2D eigenvalue weighted by molar-refractivity contribution is 0.103. The second kappa shape index (κ2) is 4.78. The highest BCUT2D eigenvalue weighted by Gasteiger charge is 2.19. The van der Waals surface area contributed by atoms with Gasteiger partial charge in [0.2, 0.25) is 11.7 Å². The van der Waals surface area contributed by atoms with E-state index in [2.05, 4.69) is 15.3 Å². The lowest BCUT2D eigenvalue weighted by Gasteiger charge is -2.06. The molecular weight excluding hydrogens is 242 g/mol. The molecule has 19 heavy (non-hydrogen) atoms. The zero-order valence-electron chi connectivity index (χ0n) is 10.5. The van der Waals surface area contributed by atoms with Crippen molar-refractivity contribution in [1.29, 1.82) is 0 Å². The minimum absolute atomic E-state index is 0.167. The topological polar surface area (TPSA) is 64.1 Å². The van der Waals surface area contributed by atoms with Crippen LogP contribution in [-0.2, 0) is 13.1 Å². The average molecular weight is 255 g/mol. The number of ether oxygens (including phenoxy) is 1. The molecule has 1 aliphatic heterocycles. The van der Waals surface area contributed by atoms with E-state index < -0.39 is 0 Å². The van der Waals surface area contributed by atoms with Crippen molar-refractivity contribution in [3.8, 4) is 5.88 Å². The minimum atomic E-state index is -0.167. The van der Waals surface area contributed by atoms with E-state index >= 15 is 0 Å². The summed E-state index contributed by atoms with van der Waals surface area (Å²) in [5.41, 5.74) is 3.26. The Kier molecular flexibility index (Phi) is 2.97. The van der Waals surface area contributed by atoms with E-state index in [4.69, 9.17) is 4.74 Å². The molecule has 0 radical (unpaired) electrons. The van der Waals surface area contributed by atoms with Gasteiger partial charge in [-0.2, -0.15) is 0 Å². The zero-order chi connectivity index (χ0) is 13.2. The van der Waals surface area contributed by atoms with Crippen molar-refractivity contribution in [2.24, 2.45) is 0 Å². The summed E-state index contributed by atoms with van der Waals surface area (Å²) < 4.78 is 5.07. The van der Waals surface area contributed by atoms with Gasteiger partial charge in [-0.1, -0.05) is 12.1 Å². The number of ketones is 1. The molecule has 5 nitrogen and oxygen atoms in total. The largest absolute Gasteiger partial charge is 0.479 e. The lowest BCUT2D eigenvalue weighted by Crippen LogP contribution is -2.08. The Balaban J connectivity index is 2.00. The molecule has 0 atom stereocenters. The summed E-state index contributed by atoms with van der Waals surface area (Å²) in [5.74, 6) is 0.0887. The van der Waals surface area contributed by atoms with E-state index in [9.17, 15) is 4.79 Å². The fourth-order valence-corrected chi connectivity index (χ4v) is 2.20. The van der Waals surface area contributed by atoms with Crippen LogP contribution in [0.4, 0.5) is 0 Å². The van der Waals surface area contributed by atoms with Crippen LogP contribution in [0.3, 0.4) is 0 Å². The molecule has 1 aromatic carbocycles. The maximum absolute atomic E-state index is 12.4. The second-order valence-corrected chi connectivity index (χ2v) is 4.33. The SMILES string of the molecule is COc1nccnc1C(=O)c1ccc2c(c1)CNC2. The normalized spacial score (nSPS) is 13.1. The quantitative estimate of drug-likeness (QED) is 0.838. The van der Waals surface area contributed by atoms with E-state index in [1.807, 2.05) is 18.2 Å². The first-order valence-electron chi connectivity index (χ1n) is 6.02. The highest BCUT2D eigenvalue weighted by atomic mass is 16.5. The number of carbonyl (C=O) groups excluding carboxylic acids is 1. The van der Waals surface area contributed by atoms with E-state index in [1.165, 1.54) is 25.1 Å². The molecule has 0 saturated heterocycles. The smallest absolute Gasteiger partial charge is 0.243 e. The van der Waals surface area contributed by atoms with Crippen LogP contribution < -0.4 is 10.1 Å². The summed E-state index contributed by atoms with van der Waals surface area (Å²) in [5, 5.41) is 3.25. The van der Waals surface area contributed by atoms with Gasteiger partial charge >= 0.3 is 0 Å². The van der Waals surface area contributed by atoms with Crippen molar-refractivity contribution in [1.82, 2.24) is 15.3 Å². The Morgan fingerprint density at radius 2 is 2.00 bits per heavy atom. The summed E-state index contributed by atoms with van der Waals surface area (Å²) in [7, 11) is 1.48. The van der Waals surface area contributed by atoms with Gasteiger partial charge in [0.05, 0.1) is 7.11 Å². The van der Waals surface area contributed by atoms with Gasteiger partial charge in [-0.3, -0.25) is 4.79 Å². The lowest BCUT2D eigenvalue weighted by atomic mass is 10.0. The molecule has 0 fully saturated rings. The van der Waals surface area contributed by atoms with Gasteiger partial charge in [-0.25, -0.2) is 9.97 Å². The first-order valence-corrected chi connectivity index (χ1v) is 6.02. The summed E-state index contributed by atoms with van der Waals surface area (Å²) in [6.45, 7) is 1.66. The van der Waals surface area contributed by atoms with Crippen molar-refractivity contribution in [2.45, 2.75) is 13.1 Å². The van der Waals surface area contributed by atoms with E-state index in [0.717, 1.165) is 18.7 Å². The monoisotopic (exact) mass is 255 g/mol. The van der Waals surface area contributed by atoms with Gasteiger partial charge in [0, 0.05) is 31.0 Å². The molecule has 0 bridgehead atoms. The summed E-state index contributed by atoms with van der Waals surface area (Å²) in [6, 6.07) is 5.71. The molecule has 1 aliphatic rings. The van der Waals surface area contributed by atoms with E-state index in [0.29, 0.717) is 5.56 Å². The van der Waals surface area contributed by atoms with Gasteiger partial charge in [-0.05, 0) is 17.2 Å². The average Bonchev–Trinajstić information content (AvgIpc) is 2.93. The van der Waals surface area contributed by atoms with Crippen LogP contribution in [0.5, 0.6) is 5.88 Å². The highest BCUT2D eigenvalue weighted by molar-refractivity contribution is 6.09. The molecule has 0 spiro atoms. The van der Waals surface area contributed by atoms with Crippen LogP contribution >= 0.6 is 0 Å². The Labute approximate surface area is 110 Å². The molecule has 3 rings (SSSR count). The maximum atomic E-state index is 12.4. The number of hydrogen-bond donors (Lipinski definition) is 1. The molecule has 0 saturated carbocycles. The van der Waals surface area contributed by atoms with Gasteiger partial charge in [0.1, 0.15) is 0 Å². The predicted molar refractivity (Wildman–Crippen MR) is 69.0 cm³/mol. The Morgan fingerprint density at radius 1 is 1.21 bits per heavy atom. The molecule has 2 aromatic rings. The standard InChI is InChI=1S/C14H13N3O2/c1-19-14-12(16-4-5-17-14)13(18)9-2-3-10-7-15-8-11(10)6-9/h2-6,15H,7-8H2,1H3. The van der Waals surface area contributed by atoms with Crippen molar-refractivity contribution >= 4 is 5.78 Å². The second-order valence-electron chi connectivity index (χ2n) is 4.33. The number of nitrogens with zero attached hydrogens (tertiary/aromatic N) is 2. The molecule has 0 unspecified atom stereocenters. The fourth-order valence-electron chi connectivity index (χ4n) is 2.20. The van der Waals surface area contributed by atoms with Crippen LogP contribution in [-0.4, -0.2) is 22.9 Å². The molecule has 2 heterocycles. The number of aromatic nitrogens is 2. The first-order chi connectivity index (χ1) is 9.29. The van der Waals surface area contributed by atoms with Crippen LogP contribution in [0, 0.1) is 0 Å². The summed E-state index contributed by atoms with van der Waals surface area (Å²) >= 11 is 0. The molecule has 0 amide bonds. The van der Waals surface area contributed by atoms with Crippen molar-refractivity contribution in [3.63, 3.8) is 0 Å². The molecular formula is C14H13N3O2. The van der Waals surface area contributed by atoms with E-state index in [-0.39, 0.29) is 17.4 Å². The van der Waals surface area contributed by atoms with Gasteiger partial charge in [-0.15, -0.1) is 0 Å². The number of benzene rings is 1. The van der Waals surface area contributed by atoms with Crippen molar-refractivity contribution in [3.05, 3.63) is 53.0 Å². The Morgan fingerprint density at radius 3 is 2.84 bits per heavy atom. The number of nitrogens with one attached hydrogen (secondary N) is 1. The van der Waals surface area contributed by atoms with Gasteiger partial charge in [0.15, 0.2) is 5.69 Å². The Hall–Kier alpha value is -2.27. The Bertz CT molecular complexity index is 640. The third-order valence-electron chi connectivity index (χ3n) is 3.17. The molecule has 5 heteroatoms. The van der Waals surface area contributed by atoms with Crippen LogP contribution in [0.25, 0.3) is 0 Å². The molecule has 1 N–H and O–H groups in total. The number of carbonyl (C=O) groups is 1. The molecule has 96 valence electrons. The highest BCUT2D eigenvalue weighted by Crippen LogP contribution is 2.21. The number of hydrogen-bond acceptors (Lipinski definition) is 5. The van der Waals surface area contributed by atoms with Crippen LogP contribution in [0.1, 0.15) is 27.2 Å². The fraction of sp³-hybridized carbons (Fsp3) is 0.214. The predicted octanol–water partition coefficient (Wildman–Crippen LogP) is 1.32. The first kappa shape index (κ1) is 11.8. The van der Waals surface area contributed by atoms with E-state index in [1.54, 1.807) is 0 Å². The van der Waals surface area contributed by atoms with Crippen molar-refractivity contribution < 1.29 is 9.53 Å². The van der Waals surface area contributed by atoms with Gasteiger partial charge < -0.3 is 10.1 Å². The summed E-state index contributed by atoms with van der Waals surface area (Å²) in [6.07, 6.45) is 2.99. The van der Waals surface area contributed by atoms with Crippen molar-refractivity contribution in [2.75, 3.05) is 7.11 Å². The molecule has 1 aromatic heterocycles. The minimum Gasteiger partial charge on any atom is -0.479 e. The third kappa shape index (κ3) is 2.08. The number of rotatable bonds is 3.